The van der Waals surface area contributed by atoms with Gasteiger partial charge in [0.05, 0.1) is 12.7 Å². The molecule has 0 saturated heterocycles. The Kier molecular flexibility index (Phi) is 2.44. The highest BCUT2D eigenvalue weighted by Gasteiger charge is 2.31. The van der Waals surface area contributed by atoms with Gasteiger partial charge in [0, 0.05) is 11.1 Å². The molecule has 0 atom stereocenters. The maximum absolute atomic E-state index is 12.0. The van der Waals surface area contributed by atoms with Crippen molar-refractivity contribution in [1.82, 2.24) is 0 Å². The van der Waals surface area contributed by atoms with Crippen LogP contribution in [-0.4, -0.2) is 18.7 Å². The van der Waals surface area contributed by atoms with E-state index in [1.54, 1.807) is 24.3 Å². The zero-order valence-corrected chi connectivity index (χ0v) is 8.82. The van der Waals surface area contributed by atoms with Gasteiger partial charge in [-0.2, -0.15) is 0 Å². The van der Waals surface area contributed by atoms with Gasteiger partial charge in [-0.25, -0.2) is 0 Å². The van der Waals surface area contributed by atoms with Gasteiger partial charge in [0.15, 0.2) is 11.5 Å². The minimum absolute atomic E-state index is 0.0682. The second kappa shape index (κ2) is 3.77. The van der Waals surface area contributed by atoms with Gasteiger partial charge in [-0.3, -0.25) is 9.59 Å². The molecule has 0 aliphatic heterocycles. The van der Waals surface area contributed by atoms with Crippen LogP contribution in [0.3, 0.4) is 0 Å². The van der Waals surface area contributed by atoms with Crippen molar-refractivity contribution >= 4 is 11.6 Å². The number of ether oxygens (including phenoxy) is 1. The summed E-state index contributed by atoms with van der Waals surface area (Å²) in [5.74, 6) is -0.423. The summed E-state index contributed by atoms with van der Waals surface area (Å²) in [5, 5.41) is 0. The first kappa shape index (κ1) is 10.4. The van der Waals surface area contributed by atoms with Crippen molar-refractivity contribution in [2.45, 2.75) is 0 Å². The van der Waals surface area contributed by atoms with Crippen molar-refractivity contribution in [1.29, 1.82) is 0 Å². The third kappa shape index (κ3) is 1.29. The van der Waals surface area contributed by atoms with Crippen LogP contribution in [0, 0.1) is 0 Å². The average Bonchev–Trinajstić information content (AvgIpc) is 2.33. The van der Waals surface area contributed by atoms with Gasteiger partial charge in [0.25, 0.3) is 0 Å². The molecule has 0 N–H and O–H groups in total. The van der Waals surface area contributed by atoms with Crippen LogP contribution in [0.1, 0.15) is 20.7 Å². The topological polar surface area (TPSA) is 43.4 Å². The van der Waals surface area contributed by atoms with Crippen LogP contribution in [0.15, 0.2) is 48.3 Å². The zero-order chi connectivity index (χ0) is 11.7. The van der Waals surface area contributed by atoms with Crippen molar-refractivity contribution in [2.24, 2.45) is 0 Å². The number of fused-ring (bicyclic) bond motifs is 1. The van der Waals surface area contributed by atoms with Crippen LogP contribution in [0.25, 0.3) is 0 Å². The van der Waals surface area contributed by atoms with Crippen LogP contribution in [0.2, 0.25) is 0 Å². The number of methoxy groups -OCH3 is 1. The molecule has 0 saturated carbocycles. The molecule has 0 heterocycles. The first-order valence-electron chi connectivity index (χ1n) is 4.79. The van der Waals surface area contributed by atoms with Gasteiger partial charge in [-0.05, 0) is 0 Å². The maximum atomic E-state index is 12.0. The number of allylic oxidation sites excluding steroid dienone is 3. The zero-order valence-electron chi connectivity index (χ0n) is 8.82. The Bertz CT molecular complexity index is 524. The summed E-state index contributed by atoms with van der Waals surface area (Å²) in [6, 6.07) is 6.69. The minimum Gasteiger partial charge on any atom is -0.492 e. The Hall–Kier alpha value is -2.16. The molecule has 0 aromatic heterocycles. The highest BCUT2D eigenvalue weighted by molar-refractivity contribution is 6.27. The van der Waals surface area contributed by atoms with Gasteiger partial charge >= 0.3 is 0 Å². The largest absolute Gasteiger partial charge is 0.492 e. The summed E-state index contributed by atoms with van der Waals surface area (Å²) in [5.41, 5.74) is 1.02. The molecule has 1 aromatic carbocycles. The molecular weight excluding hydrogens is 204 g/mol. The summed E-state index contributed by atoms with van der Waals surface area (Å²) in [4.78, 5) is 24.0. The van der Waals surface area contributed by atoms with E-state index >= 15 is 0 Å². The Morgan fingerprint density at radius 1 is 1.12 bits per heavy atom. The Balaban J connectivity index is 2.71. The van der Waals surface area contributed by atoms with Gasteiger partial charge in [0.1, 0.15) is 0 Å². The summed E-state index contributed by atoms with van der Waals surface area (Å²) >= 11 is 0. The maximum Gasteiger partial charge on any atom is 0.229 e. The Labute approximate surface area is 93.0 Å². The average molecular weight is 214 g/mol. The van der Waals surface area contributed by atoms with E-state index in [1.807, 2.05) is 0 Å². The van der Waals surface area contributed by atoms with E-state index in [1.165, 1.54) is 13.2 Å². The van der Waals surface area contributed by atoms with Gasteiger partial charge in [-0.1, -0.05) is 36.9 Å². The van der Waals surface area contributed by atoms with Crippen LogP contribution >= 0.6 is 0 Å². The van der Waals surface area contributed by atoms with Gasteiger partial charge in [-0.15, -0.1) is 0 Å². The molecule has 0 radical (unpaired) electrons. The lowest BCUT2D eigenvalue weighted by Gasteiger charge is -2.17. The van der Waals surface area contributed by atoms with Crippen molar-refractivity contribution in [2.75, 3.05) is 7.11 Å². The Morgan fingerprint density at radius 2 is 1.69 bits per heavy atom. The lowest BCUT2D eigenvalue weighted by Crippen LogP contribution is -2.22. The fourth-order valence-corrected chi connectivity index (χ4v) is 1.76. The SMILES string of the molecule is C=CC1=C(OC)C(=O)c2ccccc2C1=O. The molecule has 3 heteroatoms. The number of carbonyl (C=O) groups is 2. The summed E-state index contributed by atoms with van der Waals surface area (Å²) in [7, 11) is 1.37. The molecule has 0 unspecified atom stereocenters. The second-order valence-electron chi connectivity index (χ2n) is 3.35. The van der Waals surface area contributed by atoms with E-state index in [0.717, 1.165) is 0 Å². The predicted octanol–water partition coefficient (Wildman–Crippen LogP) is 2.15. The summed E-state index contributed by atoms with van der Waals surface area (Å²) in [6.07, 6.45) is 1.36. The third-order valence-electron chi connectivity index (χ3n) is 2.52. The number of benzene rings is 1. The smallest absolute Gasteiger partial charge is 0.229 e. The number of hydrogen-bond acceptors (Lipinski definition) is 3. The van der Waals surface area contributed by atoms with Crippen LogP contribution in [0.4, 0.5) is 0 Å². The first-order chi connectivity index (χ1) is 7.70. The molecule has 0 fully saturated rings. The third-order valence-corrected chi connectivity index (χ3v) is 2.52. The molecule has 2 rings (SSSR count). The van der Waals surface area contributed by atoms with Crippen molar-refractivity contribution in [3.8, 4) is 0 Å². The molecule has 0 amide bonds. The standard InChI is InChI=1S/C13H10O3/c1-3-8-11(14)9-6-4-5-7-10(9)12(15)13(8)16-2/h3-7H,1H2,2H3. The van der Waals surface area contributed by atoms with Crippen molar-refractivity contribution in [3.05, 3.63) is 59.4 Å². The fraction of sp³-hybridized carbons (Fsp3) is 0.0769. The number of hydrogen-bond donors (Lipinski definition) is 0. The monoisotopic (exact) mass is 214 g/mol. The molecular formula is C13H10O3. The fourth-order valence-electron chi connectivity index (χ4n) is 1.76. The van der Waals surface area contributed by atoms with E-state index in [-0.39, 0.29) is 22.9 Å². The molecule has 80 valence electrons. The molecule has 1 aliphatic rings. The van der Waals surface area contributed by atoms with Crippen molar-refractivity contribution < 1.29 is 14.3 Å². The molecule has 16 heavy (non-hydrogen) atoms. The van der Waals surface area contributed by atoms with Crippen LogP contribution < -0.4 is 0 Å². The van der Waals surface area contributed by atoms with Crippen molar-refractivity contribution in [3.63, 3.8) is 0 Å². The van der Waals surface area contributed by atoms with E-state index < -0.39 is 0 Å². The van der Waals surface area contributed by atoms with Crippen LogP contribution in [0.5, 0.6) is 0 Å². The number of rotatable bonds is 2. The first-order valence-corrected chi connectivity index (χ1v) is 4.79. The van der Waals surface area contributed by atoms with Gasteiger partial charge in [0.2, 0.25) is 5.78 Å². The van der Waals surface area contributed by atoms with E-state index in [9.17, 15) is 9.59 Å². The molecule has 3 nitrogen and oxygen atoms in total. The second-order valence-corrected chi connectivity index (χ2v) is 3.35. The molecule has 0 bridgehead atoms. The van der Waals surface area contributed by atoms with E-state index in [4.69, 9.17) is 4.74 Å². The van der Waals surface area contributed by atoms with Crippen LogP contribution in [-0.2, 0) is 4.74 Å². The normalized spacial score (nSPS) is 14.8. The quantitative estimate of drug-likeness (QED) is 0.757. The highest BCUT2D eigenvalue weighted by atomic mass is 16.5. The minimum atomic E-state index is -0.271. The lowest BCUT2D eigenvalue weighted by molar-refractivity contribution is 0.0909. The Morgan fingerprint density at radius 3 is 2.19 bits per heavy atom. The van der Waals surface area contributed by atoms with E-state index in [2.05, 4.69) is 6.58 Å². The van der Waals surface area contributed by atoms with E-state index in [0.29, 0.717) is 11.1 Å². The summed E-state index contributed by atoms with van der Waals surface area (Å²) in [6.45, 7) is 3.53. The molecule has 1 aliphatic carbocycles. The molecule has 1 aromatic rings. The lowest BCUT2D eigenvalue weighted by atomic mass is 9.88. The number of Topliss-reactive ketones (excluding diaryl/α,β-unsaturated/α-hetero) is 2. The number of ketones is 2. The molecule has 0 spiro atoms. The number of carbonyl (C=O) groups excluding carboxylic acids is 2. The highest BCUT2D eigenvalue weighted by Crippen LogP contribution is 2.26. The summed E-state index contributed by atoms with van der Waals surface area (Å²) < 4.78 is 4.97. The van der Waals surface area contributed by atoms with Gasteiger partial charge < -0.3 is 4.74 Å². The predicted molar refractivity (Wildman–Crippen MR) is 59.3 cm³/mol.